The van der Waals surface area contributed by atoms with Crippen LogP contribution in [-0.4, -0.2) is 54.0 Å². The third-order valence-electron chi connectivity index (χ3n) is 5.87. The molecule has 8 nitrogen and oxygen atoms in total. The van der Waals surface area contributed by atoms with Gasteiger partial charge in [-0.25, -0.2) is 13.8 Å². The molecule has 1 aliphatic rings. The second-order valence-corrected chi connectivity index (χ2v) is 7.86. The molecule has 170 valence electrons. The van der Waals surface area contributed by atoms with E-state index in [9.17, 15) is 23.6 Å². The molecule has 2 aromatic carbocycles. The Labute approximate surface area is 188 Å². The number of H-pyrrole nitrogens is 1. The molecular weight excluding hydrogens is 430 g/mol. The number of fused-ring (bicyclic) bond motifs is 1. The molecule has 0 bridgehead atoms. The van der Waals surface area contributed by atoms with Gasteiger partial charge in [-0.05, 0) is 25.1 Å². The van der Waals surface area contributed by atoms with Gasteiger partial charge in [-0.3, -0.25) is 14.5 Å². The van der Waals surface area contributed by atoms with Crippen LogP contribution in [0.3, 0.4) is 0 Å². The fourth-order valence-electron chi connectivity index (χ4n) is 4.01. The van der Waals surface area contributed by atoms with Gasteiger partial charge in [-0.15, -0.1) is 0 Å². The number of anilines is 1. The molecule has 0 unspecified atom stereocenters. The summed E-state index contributed by atoms with van der Waals surface area (Å²) in [6.45, 7) is 4.02. The summed E-state index contributed by atoms with van der Waals surface area (Å²) in [5, 5.41) is 11.8. The Morgan fingerprint density at radius 2 is 1.91 bits per heavy atom. The summed E-state index contributed by atoms with van der Waals surface area (Å²) < 4.78 is 29.7. The topological polar surface area (TPSA) is 105 Å². The van der Waals surface area contributed by atoms with Gasteiger partial charge < -0.3 is 15.2 Å². The van der Waals surface area contributed by atoms with Gasteiger partial charge in [0, 0.05) is 45.3 Å². The van der Waals surface area contributed by atoms with E-state index in [0.717, 1.165) is 0 Å². The lowest BCUT2D eigenvalue weighted by Gasteiger charge is -2.36. The lowest BCUT2D eigenvalue weighted by molar-refractivity contribution is 0.0959. The number of aromatic amines is 1. The molecule has 1 aliphatic heterocycles. The Bertz CT molecular complexity index is 1340. The maximum Gasteiger partial charge on any atom is 0.269 e. The lowest BCUT2D eigenvalue weighted by Crippen LogP contribution is -2.46. The van der Waals surface area contributed by atoms with Crippen LogP contribution < -0.4 is 15.8 Å². The molecule has 1 saturated heterocycles. The summed E-state index contributed by atoms with van der Waals surface area (Å²) in [7, 11) is 1.40. The Hall–Kier alpha value is -3.84. The van der Waals surface area contributed by atoms with E-state index in [1.807, 2.05) is 15.9 Å². The third-order valence-corrected chi connectivity index (χ3v) is 5.87. The van der Waals surface area contributed by atoms with Gasteiger partial charge in [0.1, 0.15) is 22.8 Å². The summed E-state index contributed by atoms with van der Waals surface area (Å²) in [6.07, 6.45) is 0. The van der Waals surface area contributed by atoms with Gasteiger partial charge in [0.05, 0.1) is 16.8 Å². The SMILES string of the molecule is CNC(=O)c1ccc(N2CCN(Cc3ccc4nc(C)c(=O)[nH]c4c3F)CC2)c(C#N)c1F. The van der Waals surface area contributed by atoms with E-state index in [4.69, 9.17) is 0 Å². The van der Waals surface area contributed by atoms with E-state index in [1.165, 1.54) is 13.1 Å². The molecule has 4 rings (SSSR count). The number of aryl methyl sites for hydroxylation is 1. The van der Waals surface area contributed by atoms with Gasteiger partial charge >= 0.3 is 0 Å². The van der Waals surface area contributed by atoms with Crippen LogP contribution in [0.2, 0.25) is 0 Å². The number of aromatic nitrogens is 2. The van der Waals surface area contributed by atoms with Gasteiger partial charge in [0.25, 0.3) is 11.5 Å². The minimum atomic E-state index is -0.840. The normalized spacial score (nSPS) is 14.3. The average molecular weight is 452 g/mol. The molecule has 1 amide bonds. The van der Waals surface area contributed by atoms with Crippen LogP contribution in [0, 0.1) is 29.9 Å². The van der Waals surface area contributed by atoms with Crippen molar-refractivity contribution in [2.24, 2.45) is 0 Å². The molecule has 0 spiro atoms. The zero-order chi connectivity index (χ0) is 23.7. The fraction of sp³-hybridized carbons (Fsp3) is 0.304. The zero-order valence-corrected chi connectivity index (χ0v) is 18.2. The van der Waals surface area contributed by atoms with Crippen LogP contribution in [-0.2, 0) is 6.54 Å². The predicted octanol–water partition coefficient (Wildman–Crippen LogP) is 2.06. The first-order chi connectivity index (χ1) is 15.8. The minimum Gasteiger partial charge on any atom is -0.368 e. The van der Waals surface area contributed by atoms with Crippen molar-refractivity contribution in [1.29, 1.82) is 5.26 Å². The van der Waals surface area contributed by atoms with Crippen molar-refractivity contribution in [3.63, 3.8) is 0 Å². The van der Waals surface area contributed by atoms with Crippen LogP contribution in [0.25, 0.3) is 11.0 Å². The first-order valence-corrected chi connectivity index (χ1v) is 10.4. The molecule has 0 atom stereocenters. The number of rotatable bonds is 4. The summed E-state index contributed by atoms with van der Waals surface area (Å²) in [4.78, 5) is 34.3. The maximum atomic E-state index is 15.0. The van der Waals surface area contributed by atoms with Crippen LogP contribution >= 0.6 is 0 Å². The molecule has 1 aromatic heterocycles. The van der Waals surface area contributed by atoms with Crippen molar-refractivity contribution >= 4 is 22.6 Å². The Morgan fingerprint density at radius 3 is 2.58 bits per heavy atom. The second kappa shape index (κ2) is 8.96. The highest BCUT2D eigenvalue weighted by molar-refractivity contribution is 5.95. The molecule has 33 heavy (non-hydrogen) atoms. The number of piperazine rings is 1. The minimum absolute atomic E-state index is 0.0899. The quantitative estimate of drug-likeness (QED) is 0.628. The van der Waals surface area contributed by atoms with Gasteiger partial charge in [-0.1, -0.05) is 6.07 Å². The van der Waals surface area contributed by atoms with Gasteiger partial charge in [0.15, 0.2) is 11.6 Å². The highest BCUT2D eigenvalue weighted by Gasteiger charge is 2.24. The van der Waals surface area contributed by atoms with E-state index in [2.05, 4.69) is 15.3 Å². The fourth-order valence-corrected chi connectivity index (χ4v) is 4.01. The van der Waals surface area contributed by atoms with E-state index < -0.39 is 23.1 Å². The molecule has 3 aromatic rings. The number of nitrogens with one attached hydrogen (secondary N) is 2. The van der Waals surface area contributed by atoms with Crippen molar-refractivity contribution in [3.8, 4) is 6.07 Å². The molecule has 10 heteroatoms. The Morgan fingerprint density at radius 1 is 1.18 bits per heavy atom. The number of benzene rings is 2. The summed E-state index contributed by atoms with van der Waals surface area (Å²) in [5.74, 6) is -1.93. The van der Waals surface area contributed by atoms with Crippen molar-refractivity contribution in [3.05, 3.63) is 68.6 Å². The number of hydrogen-bond donors (Lipinski definition) is 2. The predicted molar refractivity (Wildman–Crippen MR) is 119 cm³/mol. The first-order valence-electron chi connectivity index (χ1n) is 10.4. The average Bonchev–Trinajstić information content (AvgIpc) is 2.82. The standard InChI is InChI=1S/C23H22F2N6O2/c1-13-22(32)29-21-17(28-13)5-3-14(19(21)24)12-30-7-9-31(10-8-30)18-6-4-15(23(33)27-2)20(25)16(18)11-26/h3-6H,7-10,12H2,1-2H3,(H,27,33)(H,29,32). The maximum absolute atomic E-state index is 15.0. The molecule has 1 fully saturated rings. The number of hydrogen-bond acceptors (Lipinski definition) is 6. The molecule has 0 saturated carbocycles. The summed E-state index contributed by atoms with van der Waals surface area (Å²) in [6, 6.07) is 8.17. The van der Waals surface area contributed by atoms with Crippen molar-refractivity contribution in [2.75, 3.05) is 38.1 Å². The third kappa shape index (κ3) is 4.15. The summed E-state index contributed by atoms with van der Waals surface area (Å²) in [5.41, 5.74) is 0.867. The number of carbonyl (C=O) groups excluding carboxylic acids is 1. The summed E-state index contributed by atoms with van der Waals surface area (Å²) >= 11 is 0. The zero-order valence-electron chi connectivity index (χ0n) is 18.2. The molecule has 2 N–H and O–H groups in total. The first kappa shape index (κ1) is 22.4. The van der Waals surface area contributed by atoms with E-state index >= 15 is 0 Å². The number of nitriles is 1. The monoisotopic (exact) mass is 452 g/mol. The molecule has 2 heterocycles. The molecule has 0 aliphatic carbocycles. The molecular formula is C23H22F2N6O2. The number of halogens is 2. The number of carbonyl (C=O) groups is 1. The Balaban J connectivity index is 1.50. The highest BCUT2D eigenvalue weighted by atomic mass is 19.1. The van der Waals surface area contributed by atoms with Gasteiger partial charge in [0.2, 0.25) is 0 Å². The smallest absolute Gasteiger partial charge is 0.269 e. The van der Waals surface area contributed by atoms with Crippen LogP contribution in [0.4, 0.5) is 14.5 Å². The second-order valence-electron chi connectivity index (χ2n) is 7.86. The number of amides is 1. The molecule has 0 radical (unpaired) electrons. The van der Waals surface area contributed by atoms with E-state index in [-0.39, 0.29) is 22.3 Å². The van der Waals surface area contributed by atoms with Crippen LogP contribution in [0.15, 0.2) is 29.1 Å². The lowest BCUT2D eigenvalue weighted by atomic mass is 10.1. The Kier molecular flexibility index (Phi) is 6.07. The largest absolute Gasteiger partial charge is 0.368 e. The van der Waals surface area contributed by atoms with Crippen molar-refractivity contribution in [1.82, 2.24) is 20.2 Å². The van der Waals surface area contributed by atoms with Gasteiger partial charge in [-0.2, -0.15) is 5.26 Å². The number of nitrogens with zero attached hydrogens (tertiary/aromatic N) is 4. The highest BCUT2D eigenvalue weighted by Crippen LogP contribution is 2.27. The van der Waals surface area contributed by atoms with Crippen LogP contribution in [0.1, 0.15) is 27.2 Å². The van der Waals surface area contributed by atoms with E-state index in [0.29, 0.717) is 49.5 Å². The van der Waals surface area contributed by atoms with Crippen molar-refractivity contribution < 1.29 is 13.6 Å². The van der Waals surface area contributed by atoms with Crippen molar-refractivity contribution in [2.45, 2.75) is 13.5 Å². The van der Waals surface area contributed by atoms with E-state index in [1.54, 1.807) is 25.1 Å². The van der Waals surface area contributed by atoms with Crippen LogP contribution in [0.5, 0.6) is 0 Å².